The summed E-state index contributed by atoms with van der Waals surface area (Å²) >= 11 is 0. The Labute approximate surface area is 119 Å². The van der Waals surface area contributed by atoms with Gasteiger partial charge in [0, 0.05) is 16.3 Å². The summed E-state index contributed by atoms with van der Waals surface area (Å²) in [4.78, 5) is 22.9. The topological polar surface area (TPSA) is 80.6 Å². The second kappa shape index (κ2) is 4.48. The fourth-order valence-electron chi connectivity index (χ4n) is 2.70. The third kappa shape index (κ3) is 2.01. The fraction of sp³-hybridized carbons (Fsp3) is 0.250. The lowest BCUT2D eigenvalue weighted by Gasteiger charge is -2.08. The first-order valence-electron chi connectivity index (χ1n) is 6.56. The van der Waals surface area contributed by atoms with E-state index in [2.05, 4.69) is 0 Å². The average Bonchev–Trinajstić information content (AvgIpc) is 2.77. The van der Waals surface area contributed by atoms with Crippen LogP contribution in [0.2, 0.25) is 0 Å². The maximum Gasteiger partial charge on any atom is 0.340 e. The molecule has 0 radical (unpaired) electrons. The van der Waals surface area contributed by atoms with Gasteiger partial charge in [0.25, 0.3) is 0 Å². The van der Waals surface area contributed by atoms with Gasteiger partial charge in [0.1, 0.15) is 16.9 Å². The lowest BCUT2D eigenvalue weighted by molar-refractivity contribution is -0.136. The molecule has 0 spiro atoms. The van der Waals surface area contributed by atoms with Crippen molar-refractivity contribution in [1.82, 2.24) is 0 Å². The van der Waals surface area contributed by atoms with Crippen molar-refractivity contribution in [3.8, 4) is 0 Å². The highest BCUT2D eigenvalue weighted by Gasteiger charge is 2.18. The van der Waals surface area contributed by atoms with E-state index >= 15 is 0 Å². The Morgan fingerprint density at radius 2 is 1.81 bits per heavy atom. The summed E-state index contributed by atoms with van der Waals surface area (Å²) in [5.74, 6) is -0.282. The van der Waals surface area contributed by atoms with Crippen molar-refractivity contribution < 1.29 is 18.7 Å². The number of carbonyl (C=O) groups is 1. The Balaban J connectivity index is 2.45. The molecule has 0 bridgehead atoms. The molecular weight excluding hydrogens is 272 g/mol. The van der Waals surface area contributed by atoms with Gasteiger partial charge in [0.05, 0.1) is 12.0 Å². The molecule has 0 aliphatic carbocycles. The molecule has 0 amide bonds. The van der Waals surface area contributed by atoms with Crippen LogP contribution in [0, 0.1) is 20.8 Å². The van der Waals surface area contributed by atoms with Gasteiger partial charge in [-0.25, -0.2) is 4.79 Å². The molecule has 0 aliphatic heterocycles. The molecule has 0 aliphatic rings. The fourth-order valence-corrected chi connectivity index (χ4v) is 2.70. The first-order valence-corrected chi connectivity index (χ1v) is 6.56. The summed E-state index contributed by atoms with van der Waals surface area (Å²) in [6.45, 7) is 5.42. The molecule has 0 saturated carbocycles. The van der Waals surface area contributed by atoms with Crippen LogP contribution in [0.1, 0.15) is 22.5 Å². The molecule has 5 heteroatoms. The van der Waals surface area contributed by atoms with Gasteiger partial charge < -0.3 is 13.9 Å². The highest BCUT2D eigenvalue weighted by atomic mass is 16.4. The Hall–Kier alpha value is -2.56. The highest BCUT2D eigenvalue weighted by molar-refractivity contribution is 5.98. The first-order chi connectivity index (χ1) is 9.88. The molecule has 0 unspecified atom stereocenters. The normalized spacial score (nSPS) is 11.4. The van der Waals surface area contributed by atoms with Crippen LogP contribution in [0.15, 0.2) is 25.8 Å². The smallest absolute Gasteiger partial charge is 0.340 e. The monoisotopic (exact) mass is 286 g/mol. The van der Waals surface area contributed by atoms with Gasteiger partial charge in [-0.15, -0.1) is 0 Å². The summed E-state index contributed by atoms with van der Waals surface area (Å²) in [5.41, 5.74) is 2.12. The minimum atomic E-state index is -1.05. The SMILES string of the molecule is Cc1cc2cc3c(C)c(CC(=O)O)c(=O)oc3c(C)c2o1. The second-order valence-corrected chi connectivity index (χ2v) is 5.22. The Bertz CT molecular complexity index is 943. The quantitative estimate of drug-likeness (QED) is 0.732. The summed E-state index contributed by atoms with van der Waals surface area (Å²) in [6.07, 6.45) is -0.342. The van der Waals surface area contributed by atoms with Crippen molar-refractivity contribution in [3.63, 3.8) is 0 Å². The van der Waals surface area contributed by atoms with Crippen LogP contribution in [0.5, 0.6) is 0 Å². The molecule has 2 heterocycles. The van der Waals surface area contributed by atoms with Gasteiger partial charge in [-0.1, -0.05) is 0 Å². The Morgan fingerprint density at radius 1 is 1.10 bits per heavy atom. The Kier molecular flexibility index (Phi) is 2.86. The lowest BCUT2D eigenvalue weighted by atomic mass is 10.0. The van der Waals surface area contributed by atoms with Crippen molar-refractivity contribution >= 4 is 27.9 Å². The summed E-state index contributed by atoms with van der Waals surface area (Å²) in [5, 5.41) is 10.6. The van der Waals surface area contributed by atoms with Gasteiger partial charge in [0.2, 0.25) is 0 Å². The second-order valence-electron chi connectivity index (χ2n) is 5.22. The van der Waals surface area contributed by atoms with Crippen LogP contribution in [0.25, 0.3) is 21.9 Å². The molecule has 0 saturated heterocycles. The number of benzene rings is 1. The number of aryl methyl sites for hydroxylation is 3. The number of carboxylic acid groups (broad SMARTS) is 1. The van der Waals surface area contributed by atoms with Gasteiger partial charge in [-0.05, 0) is 38.5 Å². The number of hydrogen-bond donors (Lipinski definition) is 1. The number of aliphatic carboxylic acids is 1. The number of fused-ring (bicyclic) bond motifs is 2. The van der Waals surface area contributed by atoms with E-state index in [9.17, 15) is 9.59 Å². The number of rotatable bonds is 2. The van der Waals surface area contributed by atoms with Gasteiger partial charge in [-0.3, -0.25) is 4.79 Å². The van der Waals surface area contributed by atoms with E-state index in [1.165, 1.54) is 0 Å². The Morgan fingerprint density at radius 3 is 2.48 bits per heavy atom. The maximum absolute atomic E-state index is 12.0. The summed E-state index contributed by atoms with van der Waals surface area (Å²) < 4.78 is 11.0. The van der Waals surface area contributed by atoms with Crippen LogP contribution in [-0.4, -0.2) is 11.1 Å². The molecule has 3 rings (SSSR count). The van der Waals surface area contributed by atoms with E-state index in [-0.39, 0.29) is 12.0 Å². The van der Waals surface area contributed by atoms with E-state index in [0.29, 0.717) is 16.7 Å². The van der Waals surface area contributed by atoms with E-state index < -0.39 is 11.6 Å². The molecule has 0 fully saturated rings. The van der Waals surface area contributed by atoms with Crippen molar-refractivity contribution in [3.05, 3.63) is 45.0 Å². The summed E-state index contributed by atoms with van der Waals surface area (Å²) in [6, 6.07) is 3.78. The highest BCUT2D eigenvalue weighted by Crippen LogP contribution is 2.31. The van der Waals surface area contributed by atoms with E-state index in [1.807, 2.05) is 26.0 Å². The van der Waals surface area contributed by atoms with Gasteiger partial charge in [0.15, 0.2) is 0 Å². The molecular formula is C16H14O5. The predicted octanol–water partition coefficient (Wildman–Crippen LogP) is 3.09. The standard InChI is InChI=1S/C16H14O5/c1-7-4-10-5-11-8(2)12(6-13(17)18)16(19)21-15(11)9(3)14(10)20-7/h4-5H,6H2,1-3H3,(H,17,18). The molecule has 5 nitrogen and oxygen atoms in total. The first kappa shape index (κ1) is 13.4. The van der Waals surface area contributed by atoms with E-state index in [1.54, 1.807) is 6.92 Å². The third-order valence-electron chi connectivity index (χ3n) is 3.74. The van der Waals surface area contributed by atoms with E-state index in [4.69, 9.17) is 13.9 Å². The largest absolute Gasteiger partial charge is 0.481 e. The van der Waals surface area contributed by atoms with Gasteiger partial charge >= 0.3 is 11.6 Å². The van der Waals surface area contributed by atoms with Crippen molar-refractivity contribution in [2.45, 2.75) is 27.2 Å². The summed E-state index contributed by atoms with van der Waals surface area (Å²) in [7, 11) is 0. The molecule has 3 aromatic rings. The molecule has 0 atom stereocenters. The maximum atomic E-state index is 12.0. The van der Waals surface area contributed by atoms with Gasteiger partial charge in [-0.2, -0.15) is 0 Å². The predicted molar refractivity (Wildman–Crippen MR) is 77.8 cm³/mol. The minimum absolute atomic E-state index is 0.189. The van der Waals surface area contributed by atoms with Crippen LogP contribution in [0.4, 0.5) is 0 Å². The number of hydrogen-bond acceptors (Lipinski definition) is 4. The third-order valence-corrected chi connectivity index (χ3v) is 3.74. The molecule has 21 heavy (non-hydrogen) atoms. The zero-order valence-corrected chi connectivity index (χ0v) is 11.9. The van der Waals surface area contributed by atoms with E-state index in [0.717, 1.165) is 22.1 Å². The minimum Gasteiger partial charge on any atom is -0.481 e. The molecule has 108 valence electrons. The molecule has 1 aromatic carbocycles. The molecule has 1 N–H and O–H groups in total. The van der Waals surface area contributed by atoms with Crippen molar-refractivity contribution in [2.24, 2.45) is 0 Å². The number of furan rings is 1. The van der Waals surface area contributed by atoms with Crippen LogP contribution in [-0.2, 0) is 11.2 Å². The zero-order valence-electron chi connectivity index (χ0n) is 11.9. The zero-order chi connectivity index (χ0) is 15.3. The molecule has 2 aromatic heterocycles. The van der Waals surface area contributed by atoms with Crippen LogP contribution < -0.4 is 5.63 Å². The van der Waals surface area contributed by atoms with Crippen molar-refractivity contribution in [1.29, 1.82) is 0 Å². The van der Waals surface area contributed by atoms with Crippen LogP contribution in [0.3, 0.4) is 0 Å². The lowest BCUT2D eigenvalue weighted by Crippen LogP contribution is -2.15. The number of carboxylic acids is 1. The van der Waals surface area contributed by atoms with Crippen LogP contribution >= 0.6 is 0 Å². The average molecular weight is 286 g/mol. The van der Waals surface area contributed by atoms with Crippen molar-refractivity contribution in [2.75, 3.05) is 0 Å².